The van der Waals surface area contributed by atoms with Crippen molar-refractivity contribution in [1.82, 2.24) is 0 Å². The van der Waals surface area contributed by atoms with Crippen LogP contribution in [0.15, 0.2) is 18.2 Å². The Bertz CT molecular complexity index is 490. The normalized spacial score (nSPS) is 19.8. The summed E-state index contributed by atoms with van der Waals surface area (Å²) in [6, 6.07) is 4.86. The zero-order valence-corrected chi connectivity index (χ0v) is 10.9. The first-order valence-corrected chi connectivity index (χ1v) is 6.07. The molecule has 1 atom stereocenters. The Morgan fingerprint density at radius 1 is 1.35 bits per heavy atom. The molecule has 6 heteroatoms. The molecule has 1 aromatic carbocycles. The average Bonchev–Trinajstić information content (AvgIpc) is 2.61. The molecule has 3 nitrogen and oxygen atoms in total. The summed E-state index contributed by atoms with van der Waals surface area (Å²) in [6.07, 6.45) is 0.126. The van der Waals surface area contributed by atoms with Gasteiger partial charge < -0.3 is 4.90 Å². The lowest BCUT2D eigenvalue weighted by molar-refractivity contribution is -0.120. The van der Waals surface area contributed by atoms with Crippen molar-refractivity contribution in [3.8, 4) is 0 Å². The number of rotatable bonds is 2. The molecule has 0 aromatic heterocycles. The van der Waals surface area contributed by atoms with Crippen LogP contribution in [0.2, 0.25) is 10.0 Å². The quantitative estimate of drug-likeness (QED) is 0.785. The van der Waals surface area contributed by atoms with E-state index in [0.29, 0.717) is 15.7 Å². The summed E-state index contributed by atoms with van der Waals surface area (Å²) in [5.74, 6) is -0.621. The molecule has 1 saturated heterocycles. The van der Waals surface area contributed by atoms with E-state index in [4.69, 9.17) is 34.8 Å². The molecule has 2 rings (SSSR count). The molecule has 1 aromatic rings. The number of anilines is 1. The Morgan fingerprint density at radius 3 is 2.59 bits per heavy atom. The minimum absolute atomic E-state index is 0.126. The number of benzene rings is 1. The van der Waals surface area contributed by atoms with Crippen LogP contribution < -0.4 is 4.90 Å². The molecule has 0 aliphatic carbocycles. The monoisotopic (exact) mass is 291 g/mol. The molecule has 1 fully saturated rings. The smallest absolute Gasteiger partial charge is 0.227 e. The Hall–Kier alpha value is -0.770. The lowest BCUT2D eigenvalue weighted by Crippen LogP contribution is -2.25. The van der Waals surface area contributed by atoms with Gasteiger partial charge in [-0.05, 0) is 29.8 Å². The van der Waals surface area contributed by atoms with E-state index in [1.165, 1.54) is 4.90 Å². The van der Waals surface area contributed by atoms with Crippen LogP contribution in [0.4, 0.5) is 5.69 Å². The maximum Gasteiger partial charge on any atom is 0.227 e. The van der Waals surface area contributed by atoms with Crippen molar-refractivity contribution in [3.63, 3.8) is 0 Å². The third kappa shape index (κ3) is 2.57. The largest absolute Gasteiger partial charge is 0.310 e. The summed E-state index contributed by atoms with van der Waals surface area (Å²) < 4.78 is 0. The second kappa shape index (κ2) is 4.84. The first kappa shape index (κ1) is 12.7. The van der Waals surface area contributed by atoms with Gasteiger partial charge in [-0.2, -0.15) is 0 Å². The fraction of sp³-hybridized carbons (Fsp3) is 0.273. The van der Waals surface area contributed by atoms with Gasteiger partial charge in [0.15, 0.2) is 0 Å². The van der Waals surface area contributed by atoms with Crippen LogP contribution in [0.3, 0.4) is 0 Å². The van der Waals surface area contributed by atoms with Crippen LogP contribution >= 0.6 is 34.8 Å². The Kier molecular flexibility index (Phi) is 3.61. The first-order valence-electron chi connectivity index (χ1n) is 4.94. The van der Waals surface area contributed by atoms with Crippen molar-refractivity contribution >= 4 is 51.6 Å². The van der Waals surface area contributed by atoms with Gasteiger partial charge in [-0.15, -0.1) is 0 Å². The van der Waals surface area contributed by atoms with Crippen LogP contribution in [0.25, 0.3) is 0 Å². The van der Waals surface area contributed by atoms with Crippen LogP contribution in [-0.4, -0.2) is 17.7 Å². The van der Waals surface area contributed by atoms with Gasteiger partial charge in [-0.3, -0.25) is 9.59 Å². The summed E-state index contributed by atoms with van der Waals surface area (Å²) in [7, 11) is 0. The number of carbonyl (C=O) groups excluding carboxylic acids is 2. The highest BCUT2D eigenvalue weighted by Crippen LogP contribution is 2.33. The third-order valence-electron chi connectivity index (χ3n) is 2.65. The molecule has 0 saturated carbocycles. The van der Waals surface area contributed by atoms with Gasteiger partial charge in [0, 0.05) is 18.0 Å². The molecule has 0 radical (unpaired) electrons. The standard InChI is InChI=1S/C11H8Cl3NO2/c12-7-1-2-9(8(13)4-7)15-5-6(11(14)17)3-10(15)16/h1-2,4,6H,3,5H2/t6-/m1/s1. The highest BCUT2D eigenvalue weighted by molar-refractivity contribution is 6.64. The number of amides is 1. The number of hydrogen-bond acceptors (Lipinski definition) is 2. The van der Waals surface area contributed by atoms with Crippen LogP contribution in [0, 0.1) is 5.92 Å². The fourth-order valence-electron chi connectivity index (χ4n) is 1.79. The molecule has 1 aliphatic heterocycles. The van der Waals surface area contributed by atoms with E-state index in [9.17, 15) is 9.59 Å². The van der Waals surface area contributed by atoms with Gasteiger partial charge >= 0.3 is 0 Å². The van der Waals surface area contributed by atoms with E-state index in [0.717, 1.165) is 0 Å². The van der Waals surface area contributed by atoms with Crippen LogP contribution in [-0.2, 0) is 9.59 Å². The highest BCUT2D eigenvalue weighted by atomic mass is 35.5. The maximum atomic E-state index is 11.8. The molecule has 0 unspecified atom stereocenters. The topological polar surface area (TPSA) is 37.4 Å². The van der Waals surface area contributed by atoms with E-state index < -0.39 is 11.2 Å². The molecule has 1 amide bonds. The SMILES string of the molecule is O=C(Cl)[C@@H]1CC(=O)N(c2ccc(Cl)cc2Cl)C1. The van der Waals surface area contributed by atoms with E-state index in [1.807, 2.05) is 0 Å². The van der Waals surface area contributed by atoms with E-state index >= 15 is 0 Å². The van der Waals surface area contributed by atoms with Crippen LogP contribution in [0.5, 0.6) is 0 Å². The predicted molar refractivity (Wildman–Crippen MR) is 67.8 cm³/mol. The minimum Gasteiger partial charge on any atom is -0.310 e. The van der Waals surface area contributed by atoms with E-state index in [-0.39, 0.29) is 18.9 Å². The molecular weight excluding hydrogens is 284 g/mol. The van der Waals surface area contributed by atoms with Crippen molar-refractivity contribution in [2.75, 3.05) is 11.4 Å². The molecule has 1 heterocycles. The molecule has 0 N–H and O–H groups in total. The second-order valence-electron chi connectivity index (χ2n) is 3.81. The van der Waals surface area contributed by atoms with Crippen molar-refractivity contribution in [2.45, 2.75) is 6.42 Å². The lowest BCUT2D eigenvalue weighted by atomic mass is 10.1. The fourth-order valence-corrected chi connectivity index (χ4v) is 2.45. The summed E-state index contributed by atoms with van der Waals surface area (Å²) in [5, 5.41) is 0.384. The molecule has 90 valence electrons. The zero-order valence-electron chi connectivity index (χ0n) is 8.62. The second-order valence-corrected chi connectivity index (χ2v) is 5.02. The maximum absolute atomic E-state index is 11.8. The molecule has 17 heavy (non-hydrogen) atoms. The van der Waals surface area contributed by atoms with Gasteiger partial charge in [0.2, 0.25) is 11.1 Å². The Morgan fingerprint density at radius 2 is 2.06 bits per heavy atom. The predicted octanol–water partition coefficient (Wildman–Crippen LogP) is 3.11. The number of halogens is 3. The molecule has 1 aliphatic rings. The van der Waals surface area contributed by atoms with Crippen LogP contribution in [0.1, 0.15) is 6.42 Å². The Balaban J connectivity index is 2.29. The van der Waals surface area contributed by atoms with Gasteiger partial charge in [-0.25, -0.2) is 0 Å². The van der Waals surface area contributed by atoms with Crippen molar-refractivity contribution < 1.29 is 9.59 Å². The summed E-state index contributed by atoms with van der Waals surface area (Å²) >= 11 is 17.2. The molecular formula is C11H8Cl3NO2. The minimum atomic E-state index is -0.495. The van der Waals surface area contributed by atoms with Gasteiger partial charge in [0.1, 0.15) is 0 Å². The van der Waals surface area contributed by atoms with Gasteiger partial charge in [0.25, 0.3) is 0 Å². The third-order valence-corrected chi connectivity index (χ3v) is 3.49. The number of nitrogens with zero attached hydrogens (tertiary/aromatic N) is 1. The summed E-state index contributed by atoms with van der Waals surface area (Å²) in [5.41, 5.74) is 0.557. The lowest BCUT2D eigenvalue weighted by Gasteiger charge is -2.17. The first-order chi connectivity index (χ1) is 7.99. The summed E-state index contributed by atoms with van der Waals surface area (Å²) in [4.78, 5) is 24.3. The highest BCUT2D eigenvalue weighted by Gasteiger charge is 2.35. The van der Waals surface area contributed by atoms with E-state index in [1.54, 1.807) is 18.2 Å². The van der Waals surface area contributed by atoms with E-state index in [2.05, 4.69) is 0 Å². The zero-order chi connectivity index (χ0) is 12.6. The average molecular weight is 293 g/mol. The summed E-state index contributed by atoms with van der Waals surface area (Å²) in [6.45, 7) is 0.266. The van der Waals surface area contributed by atoms with Crippen molar-refractivity contribution in [3.05, 3.63) is 28.2 Å². The number of hydrogen-bond donors (Lipinski definition) is 0. The molecule has 0 spiro atoms. The molecule has 0 bridgehead atoms. The Labute approximate surface area is 113 Å². The van der Waals surface area contributed by atoms with Crippen molar-refractivity contribution in [2.24, 2.45) is 5.92 Å². The van der Waals surface area contributed by atoms with Gasteiger partial charge in [0.05, 0.1) is 16.6 Å². The van der Waals surface area contributed by atoms with Gasteiger partial charge in [-0.1, -0.05) is 23.2 Å². The number of carbonyl (C=O) groups is 2. The van der Waals surface area contributed by atoms with Crippen molar-refractivity contribution in [1.29, 1.82) is 0 Å².